The van der Waals surface area contributed by atoms with Gasteiger partial charge in [-0.05, 0) is 19.8 Å². The third-order valence-electron chi connectivity index (χ3n) is 2.02. The largest absolute Gasteiger partial charge is 0.393 e. The minimum absolute atomic E-state index is 0.123. The van der Waals surface area contributed by atoms with Gasteiger partial charge in [0.15, 0.2) is 0 Å². The first-order chi connectivity index (χ1) is 6.25. The number of rotatable bonds is 0. The van der Waals surface area contributed by atoms with Crippen LogP contribution in [-0.2, 0) is 12.8 Å². The molecule has 0 saturated carbocycles. The summed E-state index contributed by atoms with van der Waals surface area (Å²) in [4.78, 5) is 5.69. The zero-order chi connectivity index (χ0) is 9.84. The van der Waals surface area contributed by atoms with Crippen LogP contribution in [0.3, 0.4) is 0 Å². The van der Waals surface area contributed by atoms with Gasteiger partial charge in [0, 0.05) is 11.3 Å². The molecule has 1 atom stereocenters. The molecule has 0 saturated heterocycles. The summed E-state index contributed by atoms with van der Waals surface area (Å²) in [5.41, 5.74) is 1.22. The fourth-order valence-electron chi connectivity index (χ4n) is 1.49. The van der Waals surface area contributed by atoms with Crippen molar-refractivity contribution in [2.75, 3.05) is 0 Å². The van der Waals surface area contributed by atoms with Crippen LogP contribution in [-0.4, -0.2) is 16.2 Å². The second kappa shape index (κ2) is 4.72. The van der Waals surface area contributed by atoms with Crippen LogP contribution in [0.5, 0.6) is 0 Å². The van der Waals surface area contributed by atoms with Gasteiger partial charge in [0.05, 0.1) is 16.8 Å². The number of aryl methyl sites for hydroxylation is 2. The monoisotopic (exact) mass is 199 g/mol. The highest BCUT2D eigenvalue weighted by molar-refractivity contribution is 7.11. The van der Waals surface area contributed by atoms with Gasteiger partial charge in [0.1, 0.15) is 0 Å². The summed E-state index contributed by atoms with van der Waals surface area (Å²) in [5, 5.41) is 10.5. The van der Waals surface area contributed by atoms with Gasteiger partial charge in [0.2, 0.25) is 0 Å². The summed E-state index contributed by atoms with van der Waals surface area (Å²) < 4.78 is 0. The molecule has 0 bridgehead atoms. The highest BCUT2D eigenvalue weighted by Gasteiger charge is 2.19. The van der Waals surface area contributed by atoms with Gasteiger partial charge in [-0.1, -0.05) is 13.8 Å². The van der Waals surface area contributed by atoms with E-state index in [1.54, 1.807) is 11.3 Å². The molecule has 0 fully saturated rings. The quantitative estimate of drug-likeness (QED) is 0.695. The lowest BCUT2D eigenvalue weighted by atomic mass is 10.0. The van der Waals surface area contributed by atoms with Crippen LogP contribution in [0.15, 0.2) is 0 Å². The SMILES string of the molecule is CC.Cc1nc2c(s1)CC(O)CC2. The molecule has 2 nitrogen and oxygen atoms in total. The molecule has 74 valence electrons. The number of fused-ring (bicyclic) bond motifs is 1. The second-order valence-electron chi connectivity index (χ2n) is 3.00. The Bertz CT molecular complexity index is 270. The summed E-state index contributed by atoms with van der Waals surface area (Å²) in [6.45, 7) is 6.02. The van der Waals surface area contributed by atoms with E-state index in [9.17, 15) is 5.11 Å². The van der Waals surface area contributed by atoms with E-state index < -0.39 is 0 Å². The summed E-state index contributed by atoms with van der Waals surface area (Å²) in [5.74, 6) is 0. The molecule has 1 aromatic rings. The molecule has 0 radical (unpaired) electrons. The normalized spacial score (nSPS) is 20.2. The minimum Gasteiger partial charge on any atom is -0.393 e. The van der Waals surface area contributed by atoms with Crippen molar-refractivity contribution < 1.29 is 5.11 Å². The fraction of sp³-hybridized carbons (Fsp3) is 0.700. The van der Waals surface area contributed by atoms with E-state index in [0.717, 1.165) is 24.3 Å². The van der Waals surface area contributed by atoms with Crippen LogP contribution in [0.1, 0.15) is 35.8 Å². The Morgan fingerprint density at radius 3 is 2.85 bits per heavy atom. The maximum absolute atomic E-state index is 9.34. The number of nitrogens with zero attached hydrogens (tertiary/aromatic N) is 1. The molecule has 1 N–H and O–H groups in total. The Labute approximate surface area is 83.6 Å². The van der Waals surface area contributed by atoms with E-state index in [0.29, 0.717) is 0 Å². The Balaban J connectivity index is 0.000000396. The van der Waals surface area contributed by atoms with Crippen LogP contribution in [0, 0.1) is 6.92 Å². The van der Waals surface area contributed by atoms with Crippen molar-refractivity contribution >= 4 is 11.3 Å². The number of aliphatic hydroxyl groups is 1. The predicted molar refractivity (Wildman–Crippen MR) is 56.2 cm³/mol. The molecular formula is C10H17NOS. The molecule has 13 heavy (non-hydrogen) atoms. The van der Waals surface area contributed by atoms with Crippen molar-refractivity contribution in [3.63, 3.8) is 0 Å². The smallest absolute Gasteiger partial charge is 0.0900 e. The Morgan fingerprint density at radius 1 is 1.46 bits per heavy atom. The van der Waals surface area contributed by atoms with Crippen LogP contribution >= 0.6 is 11.3 Å². The molecule has 0 spiro atoms. The van der Waals surface area contributed by atoms with E-state index in [2.05, 4.69) is 4.98 Å². The summed E-state index contributed by atoms with van der Waals surface area (Å²) in [7, 11) is 0. The van der Waals surface area contributed by atoms with E-state index in [-0.39, 0.29) is 6.10 Å². The topological polar surface area (TPSA) is 33.1 Å². The van der Waals surface area contributed by atoms with E-state index in [4.69, 9.17) is 0 Å². The average molecular weight is 199 g/mol. The minimum atomic E-state index is -0.123. The van der Waals surface area contributed by atoms with Crippen molar-refractivity contribution in [2.45, 2.75) is 46.1 Å². The molecule has 3 heteroatoms. The molecular weight excluding hydrogens is 182 g/mol. The molecule has 0 aromatic carbocycles. The lowest BCUT2D eigenvalue weighted by molar-refractivity contribution is 0.159. The van der Waals surface area contributed by atoms with E-state index in [1.807, 2.05) is 20.8 Å². The first-order valence-electron chi connectivity index (χ1n) is 4.89. The molecule has 1 heterocycles. The Kier molecular flexibility index (Phi) is 3.88. The van der Waals surface area contributed by atoms with Crippen molar-refractivity contribution in [2.24, 2.45) is 0 Å². The van der Waals surface area contributed by atoms with Gasteiger partial charge in [-0.25, -0.2) is 4.98 Å². The first-order valence-corrected chi connectivity index (χ1v) is 5.70. The van der Waals surface area contributed by atoms with Crippen LogP contribution in [0.25, 0.3) is 0 Å². The zero-order valence-corrected chi connectivity index (χ0v) is 9.32. The molecule has 1 aliphatic carbocycles. The number of aromatic nitrogens is 1. The maximum Gasteiger partial charge on any atom is 0.0900 e. The molecule has 2 rings (SSSR count). The summed E-state index contributed by atoms with van der Waals surface area (Å²) >= 11 is 1.72. The van der Waals surface area contributed by atoms with Crippen LogP contribution < -0.4 is 0 Å². The Hall–Kier alpha value is -0.410. The first kappa shape index (κ1) is 10.7. The van der Waals surface area contributed by atoms with Crippen molar-refractivity contribution in [1.29, 1.82) is 0 Å². The molecule has 0 aliphatic heterocycles. The molecule has 1 aliphatic rings. The third-order valence-corrected chi connectivity index (χ3v) is 3.06. The lowest BCUT2D eigenvalue weighted by Crippen LogP contribution is -2.17. The molecule has 1 unspecified atom stereocenters. The average Bonchev–Trinajstić information content (AvgIpc) is 2.48. The molecule has 1 aromatic heterocycles. The standard InChI is InChI=1S/C8H11NOS.C2H6/c1-5-9-7-3-2-6(10)4-8(7)11-5;1-2/h6,10H,2-4H2,1H3;1-2H3. The van der Waals surface area contributed by atoms with Gasteiger partial charge in [-0.2, -0.15) is 0 Å². The maximum atomic E-state index is 9.34. The molecule has 0 amide bonds. The number of hydrogen-bond donors (Lipinski definition) is 1. The second-order valence-corrected chi connectivity index (χ2v) is 4.29. The van der Waals surface area contributed by atoms with Crippen LogP contribution in [0.2, 0.25) is 0 Å². The zero-order valence-electron chi connectivity index (χ0n) is 8.50. The highest BCUT2D eigenvalue weighted by Crippen LogP contribution is 2.26. The highest BCUT2D eigenvalue weighted by atomic mass is 32.1. The van der Waals surface area contributed by atoms with Gasteiger partial charge in [-0.15, -0.1) is 11.3 Å². The Morgan fingerprint density at radius 2 is 2.15 bits per heavy atom. The van der Waals surface area contributed by atoms with Crippen LogP contribution in [0.4, 0.5) is 0 Å². The van der Waals surface area contributed by atoms with Crippen molar-refractivity contribution in [1.82, 2.24) is 4.98 Å². The van der Waals surface area contributed by atoms with Gasteiger partial charge in [-0.3, -0.25) is 0 Å². The number of thiazole rings is 1. The van der Waals surface area contributed by atoms with Gasteiger partial charge >= 0.3 is 0 Å². The number of hydrogen-bond acceptors (Lipinski definition) is 3. The predicted octanol–water partition coefficient (Wildman–Crippen LogP) is 2.33. The van der Waals surface area contributed by atoms with E-state index >= 15 is 0 Å². The fourth-order valence-corrected chi connectivity index (χ4v) is 2.54. The van der Waals surface area contributed by atoms with E-state index in [1.165, 1.54) is 10.6 Å². The third kappa shape index (κ3) is 2.51. The van der Waals surface area contributed by atoms with Crippen molar-refractivity contribution in [3.8, 4) is 0 Å². The van der Waals surface area contributed by atoms with Crippen molar-refractivity contribution in [3.05, 3.63) is 15.6 Å². The summed E-state index contributed by atoms with van der Waals surface area (Å²) in [6.07, 6.45) is 2.54. The summed E-state index contributed by atoms with van der Waals surface area (Å²) in [6, 6.07) is 0. The lowest BCUT2D eigenvalue weighted by Gasteiger charge is -2.14. The van der Waals surface area contributed by atoms with Gasteiger partial charge in [0.25, 0.3) is 0 Å². The van der Waals surface area contributed by atoms with Gasteiger partial charge < -0.3 is 5.11 Å². The number of aliphatic hydroxyl groups excluding tert-OH is 1.